The standard InChI is InChI=1S/C12H18O/c1-3-12(2)7-9-4-5-11(13)10(6-9)8-12/h3,9-10H,1,4-8H2,2H3. The normalized spacial score (nSPS) is 44.5. The van der Waals surface area contributed by atoms with Gasteiger partial charge in [-0.05, 0) is 37.0 Å². The Hall–Kier alpha value is -0.590. The Kier molecular flexibility index (Phi) is 2.05. The lowest BCUT2D eigenvalue weighted by atomic mass is 9.61. The molecule has 2 aliphatic carbocycles. The molecule has 13 heavy (non-hydrogen) atoms. The van der Waals surface area contributed by atoms with Crippen LogP contribution in [0.1, 0.15) is 39.0 Å². The zero-order chi connectivity index (χ0) is 9.47. The third kappa shape index (κ3) is 1.56. The molecule has 1 nitrogen and oxygen atoms in total. The summed E-state index contributed by atoms with van der Waals surface area (Å²) in [6, 6.07) is 0. The van der Waals surface area contributed by atoms with Gasteiger partial charge in [0.15, 0.2) is 0 Å². The first-order valence-electron chi connectivity index (χ1n) is 5.29. The van der Waals surface area contributed by atoms with Gasteiger partial charge in [0.2, 0.25) is 0 Å². The smallest absolute Gasteiger partial charge is 0.136 e. The SMILES string of the molecule is C=CC1(C)CC2CCC(=O)C(C2)C1. The van der Waals surface area contributed by atoms with E-state index in [2.05, 4.69) is 19.6 Å². The van der Waals surface area contributed by atoms with Gasteiger partial charge in [-0.3, -0.25) is 4.79 Å². The predicted molar refractivity (Wildman–Crippen MR) is 53.4 cm³/mol. The lowest BCUT2D eigenvalue weighted by Crippen LogP contribution is -2.37. The lowest BCUT2D eigenvalue weighted by Gasteiger charge is -2.43. The Labute approximate surface area is 80.2 Å². The quantitative estimate of drug-likeness (QED) is 0.564. The van der Waals surface area contributed by atoms with Crippen LogP contribution in [0.3, 0.4) is 0 Å². The van der Waals surface area contributed by atoms with E-state index in [0.717, 1.165) is 31.6 Å². The van der Waals surface area contributed by atoms with Gasteiger partial charge in [0.25, 0.3) is 0 Å². The van der Waals surface area contributed by atoms with E-state index in [9.17, 15) is 4.79 Å². The molecular formula is C12H18O. The maximum absolute atomic E-state index is 11.6. The second-order valence-electron chi connectivity index (χ2n) is 5.07. The van der Waals surface area contributed by atoms with Crippen LogP contribution >= 0.6 is 0 Å². The van der Waals surface area contributed by atoms with Gasteiger partial charge in [-0.2, -0.15) is 0 Å². The largest absolute Gasteiger partial charge is 0.299 e. The molecule has 2 saturated carbocycles. The van der Waals surface area contributed by atoms with Gasteiger partial charge in [-0.1, -0.05) is 13.0 Å². The molecule has 2 aliphatic rings. The third-order valence-corrected chi connectivity index (χ3v) is 3.83. The molecule has 2 fully saturated rings. The minimum absolute atomic E-state index is 0.240. The highest BCUT2D eigenvalue weighted by Gasteiger charge is 2.40. The minimum atomic E-state index is 0.240. The predicted octanol–water partition coefficient (Wildman–Crippen LogP) is 2.96. The van der Waals surface area contributed by atoms with Crippen LogP contribution in [-0.2, 0) is 4.79 Å². The zero-order valence-electron chi connectivity index (χ0n) is 8.38. The van der Waals surface area contributed by atoms with E-state index in [1.807, 2.05) is 0 Å². The Bertz CT molecular complexity index is 244. The molecule has 2 bridgehead atoms. The van der Waals surface area contributed by atoms with E-state index in [0.29, 0.717) is 11.7 Å². The fraction of sp³-hybridized carbons (Fsp3) is 0.750. The minimum Gasteiger partial charge on any atom is -0.299 e. The molecule has 0 amide bonds. The maximum Gasteiger partial charge on any atom is 0.136 e. The van der Waals surface area contributed by atoms with Crippen LogP contribution in [0.25, 0.3) is 0 Å². The molecule has 2 rings (SSSR count). The number of allylic oxidation sites excluding steroid dienone is 1. The van der Waals surface area contributed by atoms with Crippen LogP contribution in [0, 0.1) is 17.3 Å². The molecule has 0 heterocycles. The van der Waals surface area contributed by atoms with Crippen molar-refractivity contribution < 1.29 is 4.79 Å². The highest BCUT2D eigenvalue weighted by molar-refractivity contribution is 5.82. The topological polar surface area (TPSA) is 17.1 Å². The number of fused-ring (bicyclic) bond motifs is 2. The molecule has 0 radical (unpaired) electrons. The van der Waals surface area contributed by atoms with Crippen molar-refractivity contribution in [3.05, 3.63) is 12.7 Å². The van der Waals surface area contributed by atoms with Crippen molar-refractivity contribution in [3.8, 4) is 0 Å². The molecule has 0 spiro atoms. The number of carbonyl (C=O) groups excluding carboxylic acids is 1. The summed E-state index contributed by atoms with van der Waals surface area (Å²) in [6.07, 6.45) is 7.47. The van der Waals surface area contributed by atoms with Crippen LogP contribution in [0.15, 0.2) is 12.7 Å². The second kappa shape index (κ2) is 2.97. The molecule has 3 unspecified atom stereocenters. The summed E-state index contributed by atoms with van der Waals surface area (Å²) < 4.78 is 0. The average Bonchev–Trinajstić information content (AvgIpc) is 2.12. The molecular weight excluding hydrogens is 160 g/mol. The molecule has 72 valence electrons. The van der Waals surface area contributed by atoms with Crippen molar-refractivity contribution >= 4 is 5.78 Å². The monoisotopic (exact) mass is 178 g/mol. The van der Waals surface area contributed by atoms with Crippen molar-refractivity contribution in [2.75, 3.05) is 0 Å². The lowest BCUT2D eigenvalue weighted by molar-refractivity contribution is -0.128. The molecule has 3 atom stereocenters. The van der Waals surface area contributed by atoms with Crippen molar-refractivity contribution in [2.24, 2.45) is 17.3 Å². The maximum atomic E-state index is 11.6. The van der Waals surface area contributed by atoms with Gasteiger partial charge in [-0.15, -0.1) is 6.58 Å². The fourth-order valence-corrected chi connectivity index (χ4v) is 3.06. The van der Waals surface area contributed by atoms with Gasteiger partial charge < -0.3 is 0 Å². The number of hydrogen-bond acceptors (Lipinski definition) is 1. The number of rotatable bonds is 1. The van der Waals surface area contributed by atoms with Crippen LogP contribution in [0.2, 0.25) is 0 Å². The van der Waals surface area contributed by atoms with Crippen LogP contribution in [0.5, 0.6) is 0 Å². The molecule has 1 heteroatoms. The van der Waals surface area contributed by atoms with Crippen LogP contribution < -0.4 is 0 Å². The zero-order valence-corrected chi connectivity index (χ0v) is 8.38. The number of ketones is 1. The first-order valence-corrected chi connectivity index (χ1v) is 5.29. The Morgan fingerprint density at radius 3 is 3.00 bits per heavy atom. The summed E-state index contributed by atoms with van der Waals surface area (Å²) in [6.45, 7) is 6.14. The van der Waals surface area contributed by atoms with E-state index >= 15 is 0 Å². The first-order chi connectivity index (χ1) is 6.13. The van der Waals surface area contributed by atoms with Crippen molar-refractivity contribution in [1.82, 2.24) is 0 Å². The van der Waals surface area contributed by atoms with E-state index in [4.69, 9.17) is 0 Å². The Balaban J connectivity index is 2.17. The van der Waals surface area contributed by atoms with Gasteiger partial charge in [-0.25, -0.2) is 0 Å². The number of carbonyl (C=O) groups is 1. The molecule has 0 aliphatic heterocycles. The summed E-state index contributed by atoms with van der Waals surface area (Å²) in [7, 11) is 0. The Morgan fingerprint density at radius 1 is 1.54 bits per heavy atom. The van der Waals surface area contributed by atoms with E-state index in [-0.39, 0.29) is 5.41 Å². The Morgan fingerprint density at radius 2 is 2.31 bits per heavy atom. The van der Waals surface area contributed by atoms with Gasteiger partial charge in [0.05, 0.1) is 0 Å². The van der Waals surface area contributed by atoms with Crippen LogP contribution in [0.4, 0.5) is 0 Å². The molecule has 0 aromatic heterocycles. The summed E-state index contributed by atoms with van der Waals surface area (Å²) in [5.74, 6) is 1.65. The van der Waals surface area contributed by atoms with Gasteiger partial charge in [0.1, 0.15) is 5.78 Å². The number of hydrogen-bond donors (Lipinski definition) is 0. The van der Waals surface area contributed by atoms with E-state index in [1.165, 1.54) is 6.42 Å². The molecule has 0 N–H and O–H groups in total. The molecule has 0 saturated heterocycles. The van der Waals surface area contributed by atoms with Crippen molar-refractivity contribution in [2.45, 2.75) is 39.0 Å². The van der Waals surface area contributed by atoms with Crippen molar-refractivity contribution in [1.29, 1.82) is 0 Å². The van der Waals surface area contributed by atoms with Gasteiger partial charge in [0, 0.05) is 12.3 Å². The van der Waals surface area contributed by atoms with Gasteiger partial charge >= 0.3 is 0 Å². The molecule has 0 aromatic rings. The summed E-state index contributed by atoms with van der Waals surface area (Å²) in [5.41, 5.74) is 0.240. The summed E-state index contributed by atoms with van der Waals surface area (Å²) in [5, 5.41) is 0. The van der Waals surface area contributed by atoms with Crippen molar-refractivity contribution in [3.63, 3.8) is 0 Å². The van der Waals surface area contributed by atoms with Crippen LogP contribution in [-0.4, -0.2) is 5.78 Å². The average molecular weight is 178 g/mol. The summed E-state index contributed by atoms with van der Waals surface area (Å²) in [4.78, 5) is 11.6. The first kappa shape index (κ1) is 8.98. The fourth-order valence-electron chi connectivity index (χ4n) is 3.06. The van der Waals surface area contributed by atoms with E-state index in [1.54, 1.807) is 0 Å². The number of Topliss-reactive ketones (excluding diaryl/α,β-unsaturated/α-hetero) is 1. The third-order valence-electron chi connectivity index (χ3n) is 3.83. The second-order valence-corrected chi connectivity index (χ2v) is 5.07. The molecule has 0 aromatic carbocycles. The van der Waals surface area contributed by atoms with E-state index < -0.39 is 0 Å². The highest BCUT2D eigenvalue weighted by atomic mass is 16.1. The summed E-state index contributed by atoms with van der Waals surface area (Å²) >= 11 is 0. The highest BCUT2D eigenvalue weighted by Crippen LogP contribution is 2.47.